The lowest BCUT2D eigenvalue weighted by Crippen LogP contribution is -2.48. The van der Waals surface area contributed by atoms with Gasteiger partial charge in [-0.05, 0) is 61.3 Å². The van der Waals surface area contributed by atoms with Gasteiger partial charge in [-0.1, -0.05) is 62.9 Å². The normalized spacial score (nSPS) is 14.6. The molecule has 0 aromatic heterocycles. The van der Waals surface area contributed by atoms with Gasteiger partial charge in [-0.25, -0.2) is 0 Å². The lowest BCUT2D eigenvalue weighted by molar-refractivity contribution is 0.0976. The minimum atomic E-state index is -0.194. The monoisotopic (exact) mass is 467 g/mol. The van der Waals surface area contributed by atoms with Crippen molar-refractivity contribution >= 4 is 23.2 Å². The molecular formula is C27H37N3O2S. The highest BCUT2D eigenvalue weighted by Gasteiger charge is 2.20. The molecule has 2 aromatic rings. The molecule has 1 aliphatic heterocycles. The molecule has 6 heteroatoms. The molecule has 1 heterocycles. The molecule has 5 nitrogen and oxygen atoms in total. The van der Waals surface area contributed by atoms with Crippen LogP contribution < -0.4 is 15.4 Å². The first-order chi connectivity index (χ1) is 16.1. The van der Waals surface area contributed by atoms with Crippen molar-refractivity contribution in [1.82, 2.24) is 15.5 Å². The number of carbonyl (C=O) groups is 1. The molecule has 1 saturated heterocycles. The zero-order chi connectivity index (χ0) is 23.3. The van der Waals surface area contributed by atoms with Gasteiger partial charge in [0.1, 0.15) is 5.75 Å². The Morgan fingerprint density at radius 1 is 1.00 bits per heavy atom. The van der Waals surface area contributed by atoms with Crippen molar-refractivity contribution in [2.75, 3.05) is 19.7 Å². The molecule has 2 N–H and O–H groups in total. The van der Waals surface area contributed by atoms with Gasteiger partial charge in [-0.2, -0.15) is 0 Å². The van der Waals surface area contributed by atoms with E-state index in [1.165, 1.54) is 31.2 Å². The summed E-state index contributed by atoms with van der Waals surface area (Å²) in [6, 6.07) is 18.1. The van der Waals surface area contributed by atoms with Gasteiger partial charge in [0.05, 0.1) is 6.61 Å². The molecule has 0 bridgehead atoms. The minimum absolute atomic E-state index is 0.194. The van der Waals surface area contributed by atoms with Gasteiger partial charge >= 0.3 is 0 Å². The van der Waals surface area contributed by atoms with E-state index in [1.807, 2.05) is 18.2 Å². The van der Waals surface area contributed by atoms with E-state index in [2.05, 4.69) is 46.7 Å². The number of hydrogen-bond donors (Lipinski definition) is 2. The van der Waals surface area contributed by atoms with Gasteiger partial charge in [-0.15, -0.1) is 0 Å². The molecular weight excluding hydrogens is 430 g/mol. The Hall–Kier alpha value is -2.44. The van der Waals surface area contributed by atoms with Crippen molar-refractivity contribution in [2.45, 2.75) is 64.5 Å². The second-order valence-corrected chi connectivity index (χ2v) is 9.16. The molecule has 0 radical (unpaired) electrons. The highest BCUT2D eigenvalue weighted by atomic mass is 32.1. The second-order valence-electron chi connectivity index (χ2n) is 8.75. The Morgan fingerprint density at radius 2 is 1.70 bits per heavy atom. The highest BCUT2D eigenvalue weighted by Crippen LogP contribution is 2.15. The summed E-state index contributed by atoms with van der Waals surface area (Å²) in [5.74, 6) is 0.602. The van der Waals surface area contributed by atoms with Gasteiger partial charge in [0.15, 0.2) is 5.11 Å². The van der Waals surface area contributed by atoms with Crippen molar-refractivity contribution < 1.29 is 9.53 Å². The zero-order valence-electron chi connectivity index (χ0n) is 19.7. The fourth-order valence-electron chi connectivity index (χ4n) is 4.07. The van der Waals surface area contributed by atoms with Crippen molar-refractivity contribution in [2.24, 2.45) is 0 Å². The molecule has 1 fully saturated rings. The first kappa shape index (κ1) is 25.2. The van der Waals surface area contributed by atoms with Crippen molar-refractivity contribution in [3.05, 3.63) is 65.7 Å². The molecule has 2 aromatic carbocycles. The minimum Gasteiger partial charge on any atom is -0.494 e. The summed E-state index contributed by atoms with van der Waals surface area (Å²) in [6.45, 7) is 5.95. The number of rotatable bonds is 11. The molecule has 0 aliphatic carbocycles. The van der Waals surface area contributed by atoms with E-state index in [9.17, 15) is 4.79 Å². The molecule has 1 aliphatic rings. The number of thiocarbonyl (C=S) groups is 1. The number of benzene rings is 2. The number of nitrogens with one attached hydrogen (secondary N) is 2. The third-order valence-corrected chi connectivity index (χ3v) is 6.25. The maximum absolute atomic E-state index is 12.5. The van der Waals surface area contributed by atoms with Crippen LogP contribution in [0.15, 0.2) is 54.6 Å². The van der Waals surface area contributed by atoms with Crippen LogP contribution in [-0.4, -0.2) is 41.7 Å². The number of piperidine rings is 1. The molecule has 33 heavy (non-hydrogen) atoms. The van der Waals surface area contributed by atoms with Gasteiger partial charge < -0.3 is 10.1 Å². The summed E-state index contributed by atoms with van der Waals surface area (Å²) in [4.78, 5) is 15.0. The summed E-state index contributed by atoms with van der Waals surface area (Å²) in [7, 11) is 0. The van der Waals surface area contributed by atoms with E-state index in [0.29, 0.717) is 17.3 Å². The summed E-state index contributed by atoms with van der Waals surface area (Å²) in [6.07, 6.45) is 8.07. The zero-order valence-corrected chi connectivity index (χ0v) is 20.5. The van der Waals surface area contributed by atoms with E-state index in [1.54, 1.807) is 12.1 Å². The Bertz CT molecular complexity index is 849. The van der Waals surface area contributed by atoms with E-state index in [-0.39, 0.29) is 11.9 Å². The van der Waals surface area contributed by atoms with Crippen LogP contribution in [-0.2, 0) is 6.54 Å². The van der Waals surface area contributed by atoms with Crippen molar-refractivity contribution in [3.63, 3.8) is 0 Å². The highest BCUT2D eigenvalue weighted by molar-refractivity contribution is 7.80. The molecule has 1 amide bonds. The van der Waals surface area contributed by atoms with Crippen LogP contribution in [0.2, 0.25) is 0 Å². The SMILES string of the molecule is CCCCCCCOc1ccc(C(=O)NC(=S)NC2CCN(Cc3ccccc3)CC2)cc1. The number of amides is 1. The van der Waals surface area contributed by atoms with E-state index < -0.39 is 0 Å². The van der Waals surface area contributed by atoms with Crippen LogP contribution >= 0.6 is 12.2 Å². The van der Waals surface area contributed by atoms with Gasteiger partial charge in [0, 0.05) is 31.2 Å². The number of unbranched alkanes of at least 4 members (excludes halogenated alkanes) is 4. The number of hydrogen-bond acceptors (Lipinski definition) is 4. The number of nitrogens with zero attached hydrogens (tertiary/aromatic N) is 1. The fraction of sp³-hybridized carbons (Fsp3) is 0.481. The molecule has 0 saturated carbocycles. The van der Waals surface area contributed by atoms with Gasteiger partial charge in [0.2, 0.25) is 0 Å². The lowest BCUT2D eigenvalue weighted by atomic mass is 10.0. The first-order valence-corrected chi connectivity index (χ1v) is 12.7. The Kier molecular flexibility index (Phi) is 10.7. The number of carbonyl (C=O) groups excluding carboxylic acids is 1. The standard InChI is InChI=1S/C27H37N3O2S/c1-2-3-4-5-9-20-32-25-14-12-23(13-15-25)26(31)29-27(33)28-24-16-18-30(19-17-24)21-22-10-7-6-8-11-22/h6-8,10-15,24H,2-5,9,16-21H2,1H3,(H2,28,29,31,33). The fourth-order valence-corrected chi connectivity index (χ4v) is 4.33. The Labute approximate surface area is 203 Å². The Morgan fingerprint density at radius 3 is 2.39 bits per heavy atom. The average molecular weight is 468 g/mol. The third kappa shape index (κ3) is 9.14. The van der Waals surface area contributed by atoms with Crippen LogP contribution in [0.3, 0.4) is 0 Å². The van der Waals surface area contributed by atoms with E-state index in [4.69, 9.17) is 17.0 Å². The predicted octanol–water partition coefficient (Wildman–Crippen LogP) is 5.30. The van der Waals surface area contributed by atoms with Crippen molar-refractivity contribution in [3.8, 4) is 5.75 Å². The first-order valence-electron chi connectivity index (χ1n) is 12.2. The smallest absolute Gasteiger partial charge is 0.257 e. The molecule has 0 atom stereocenters. The summed E-state index contributed by atoms with van der Waals surface area (Å²) >= 11 is 5.39. The predicted molar refractivity (Wildman–Crippen MR) is 139 cm³/mol. The quantitative estimate of drug-likeness (QED) is 0.347. The Balaban J connectivity index is 1.33. The van der Waals surface area contributed by atoms with Gasteiger partial charge in [-0.3, -0.25) is 15.0 Å². The van der Waals surface area contributed by atoms with Crippen LogP contribution in [0.4, 0.5) is 0 Å². The van der Waals surface area contributed by atoms with Crippen LogP contribution in [0.1, 0.15) is 67.8 Å². The molecule has 0 spiro atoms. The average Bonchev–Trinajstić information content (AvgIpc) is 2.83. The largest absolute Gasteiger partial charge is 0.494 e. The third-order valence-electron chi connectivity index (χ3n) is 6.03. The summed E-state index contributed by atoms with van der Waals surface area (Å²) < 4.78 is 5.77. The summed E-state index contributed by atoms with van der Waals surface area (Å²) in [5.41, 5.74) is 1.92. The van der Waals surface area contributed by atoms with Gasteiger partial charge in [0.25, 0.3) is 5.91 Å². The molecule has 178 valence electrons. The van der Waals surface area contributed by atoms with Crippen LogP contribution in [0.25, 0.3) is 0 Å². The number of likely N-dealkylation sites (tertiary alicyclic amines) is 1. The topological polar surface area (TPSA) is 53.6 Å². The lowest BCUT2D eigenvalue weighted by Gasteiger charge is -2.32. The van der Waals surface area contributed by atoms with E-state index >= 15 is 0 Å². The number of ether oxygens (including phenoxy) is 1. The maximum Gasteiger partial charge on any atom is 0.257 e. The molecule has 3 rings (SSSR count). The van der Waals surface area contributed by atoms with Crippen LogP contribution in [0.5, 0.6) is 5.75 Å². The second kappa shape index (κ2) is 14.0. The maximum atomic E-state index is 12.5. The molecule has 0 unspecified atom stereocenters. The van der Waals surface area contributed by atoms with Crippen molar-refractivity contribution in [1.29, 1.82) is 0 Å². The summed E-state index contributed by atoms with van der Waals surface area (Å²) in [5, 5.41) is 6.52. The van der Waals surface area contributed by atoms with E-state index in [0.717, 1.165) is 44.6 Å². The van der Waals surface area contributed by atoms with Crippen LogP contribution in [0, 0.1) is 0 Å².